The largest absolute Gasteiger partial charge is 0.309 e. The van der Waals surface area contributed by atoms with Crippen LogP contribution in [0.25, 0.3) is 105 Å². The Hall–Kier alpha value is -7.69. The minimum Gasteiger partial charge on any atom is -0.309 e. The molecule has 0 spiro atoms. The Morgan fingerprint density at radius 2 is 0.912 bits per heavy atom. The first-order valence-electron chi connectivity index (χ1n) is 19.3. The molecule has 0 bridgehead atoms. The van der Waals surface area contributed by atoms with E-state index < -0.39 is 0 Å². The maximum absolute atomic E-state index is 5.33. The van der Waals surface area contributed by atoms with Crippen LogP contribution in [0, 0.1) is 0 Å². The van der Waals surface area contributed by atoms with Crippen molar-refractivity contribution < 1.29 is 0 Å². The molecule has 3 aromatic heterocycles. The van der Waals surface area contributed by atoms with Gasteiger partial charge in [0.2, 0.25) is 0 Å². The van der Waals surface area contributed by atoms with E-state index in [4.69, 9.17) is 15.0 Å². The lowest BCUT2D eigenvalue weighted by Gasteiger charge is -2.13. The summed E-state index contributed by atoms with van der Waals surface area (Å²) in [4.78, 5) is 15.7. The van der Waals surface area contributed by atoms with E-state index in [1.54, 1.807) is 0 Å². The number of fused-ring (bicyclic) bond motifs is 7. The topological polar surface area (TPSA) is 43.6 Å². The number of hydrogen-bond acceptors (Lipinski definition) is 3. The van der Waals surface area contributed by atoms with Crippen molar-refractivity contribution in [3.8, 4) is 62.0 Å². The van der Waals surface area contributed by atoms with Crippen molar-refractivity contribution in [3.63, 3.8) is 0 Å². The van der Waals surface area contributed by atoms with Gasteiger partial charge < -0.3 is 4.57 Å². The SMILES string of the molecule is c1ccc(-c2cccc(-c3cc(-c4ccccc4)nc(-c4ccc(-c5nc6ccccc6c6c5ccc5c6c6ccccc6n5-c5ccccc5)cc4)n3)c2)cc1. The lowest BCUT2D eigenvalue weighted by atomic mass is 9.95. The molecule has 4 heteroatoms. The quantitative estimate of drug-likeness (QED) is 0.160. The molecule has 3 heterocycles. The molecule has 0 radical (unpaired) electrons. The average molecular weight is 727 g/mol. The van der Waals surface area contributed by atoms with E-state index in [1.807, 2.05) is 12.1 Å². The van der Waals surface area contributed by atoms with Gasteiger partial charge in [0.25, 0.3) is 0 Å². The molecule has 0 aliphatic carbocycles. The van der Waals surface area contributed by atoms with Crippen molar-refractivity contribution >= 4 is 43.5 Å². The molecule has 0 saturated heterocycles. The van der Waals surface area contributed by atoms with Crippen LogP contribution in [-0.4, -0.2) is 19.5 Å². The molecule has 0 fully saturated rings. The van der Waals surface area contributed by atoms with E-state index in [0.29, 0.717) is 5.82 Å². The van der Waals surface area contributed by atoms with Gasteiger partial charge in [-0.25, -0.2) is 15.0 Å². The van der Waals surface area contributed by atoms with Gasteiger partial charge in [-0.05, 0) is 53.6 Å². The highest BCUT2D eigenvalue weighted by Gasteiger charge is 2.20. The lowest BCUT2D eigenvalue weighted by Crippen LogP contribution is -1.96. The normalized spacial score (nSPS) is 11.5. The fraction of sp³-hybridized carbons (Fsp3) is 0. The summed E-state index contributed by atoms with van der Waals surface area (Å²) in [7, 11) is 0. The second-order valence-electron chi connectivity index (χ2n) is 14.4. The second-order valence-corrected chi connectivity index (χ2v) is 14.4. The van der Waals surface area contributed by atoms with Crippen LogP contribution in [0.1, 0.15) is 0 Å². The molecule has 0 N–H and O–H groups in total. The Morgan fingerprint density at radius 1 is 0.316 bits per heavy atom. The van der Waals surface area contributed by atoms with Gasteiger partial charge in [0, 0.05) is 54.9 Å². The van der Waals surface area contributed by atoms with Crippen LogP contribution in [0.3, 0.4) is 0 Å². The van der Waals surface area contributed by atoms with Gasteiger partial charge in [-0.15, -0.1) is 0 Å². The summed E-state index contributed by atoms with van der Waals surface area (Å²) in [5.41, 5.74) is 13.6. The molecule has 11 aromatic rings. The third kappa shape index (κ3) is 5.66. The smallest absolute Gasteiger partial charge is 0.160 e. The third-order valence-corrected chi connectivity index (χ3v) is 11.0. The molecule has 4 nitrogen and oxygen atoms in total. The van der Waals surface area contributed by atoms with Crippen molar-refractivity contribution in [2.75, 3.05) is 0 Å². The lowest BCUT2D eigenvalue weighted by molar-refractivity contribution is 1.18. The molecule has 266 valence electrons. The molecule has 0 aliphatic heterocycles. The molecule has 0 atom stereocenters. The van der Waals surface area contributed by atoms with Gasteiger partial charge in [-0.1, -0.05) is 164 Å². The van der Waals surface area contributed by atoms with E-state index in [0.717, 1.165) is 66.9 Å². The maximum atomic E-state index is 5.33. The molecule has 0 saturated carbocycles. The molecule has 0 aliphatic rings. The van der Waals surface area contributed by atoms with E-state index in [9.17, 15) is 0 Å². The number of nitrogens with zero attached hydrogens (tertiary/aromatic N) is 4. The average Bonchev–Trinajstić information content (AvgIpc) is 3.64. The molecular formula is C53H34N4. The summed E-state index contributed by atoms with van der Waals surface area (Å²) in [5, 5.41) is 5.93. The van der Waals surface area contributed by atoms with Gasteiger partial charge in [-0.3, -0.25) is 0 Å². The number of para-hydroxylation sites is 3. The Balaban J connectivity index is 1.07. The predicted octanol–water partition coefficient (Wildman–Crippen LogP) is 13.6. The van der Waals surface area contributed by atoms with E-state index >= 15 is 0 Å². The molecule has 8 aromatic carbocycles. The van der Waals surface area contributed by atoms with Crippen molar-refractivity contribution in [1.29, 1.82) is 0 Å². The van der Waals surface area contributed by atoms with Gasteiger partial charge in [0.05, 0.1) is 33.6 Å². The third-order valence-electron chi connectivity index (χ3n) is 11.0. The van der Waals surface area contributed by atoms with Crippen LogP contribution < -0.4 is 0 Å². The highest BCUT2D eigenvalue weighted by molar-refractivity contribution is 6.29. The zero-order valence-corrected chi connectivity index (χ0v) is 30.9. The Kier molecular flexibility index (Phi) is 7.78. The standard InChI is InChI=1S/C53H34N4/c1-4-15-35(16-5-1)39-19-14-20-40(33-39)47-34-46(36-17-6-2-7-18-36)55-53(56-47)38-29-27-37(28-30-38)52-44-31-32-49-51(50(44)42-23-10-12-25-45(42)54-52)43-24-11-13-26-48(43)57(49)41-21-8-3-9-22-41/h1-34H. The fourth-order valence-electron chi connectivity index (χ4n) is 8.32. The van der Waals surface area contributed by atoms with Crippen LogP contribution in [-0.2, 0) is 0 Å². The Labute approximate surface area is 330 Å². The molecular weight excluding hydrogens is 693 g/mol. The second kappa shape index (κ2) is 13.6. The van der Waals surface area contributed by atoms with Crippen molar-refractivity contribution in [2.24, 2.45) is 0 Å². The fourth-order valence-corrected chi connectivity index (χ4v) is 8.32. The summed E-state index contributed by atoms with van der Waals surface area (Å²) in [6.07, 6.45) is 0. The monoisotopic (exact) mass is 726 g/mol. The van der Waals surface area contributed by atoms with Crippen LogP contribution in [0.4, 0.5) is 0 Å². The summed E-state index contributed by atoms with van der Waals surface area (Å²) in [6, 6.07) is 72.5. The molecule has 57 heavy (non-hydrogen) atoms. The molecule has 0 amide bonds. The molecule has 11 rings (SSSR count). The highest BCUT2D eigenvalue weighted by atomic mass is 15.0. The van der Waals surface area contributed by atoms with Gasteiger partial charge in [-0.2, -0.15) is 0 Å². The van der Waals surface area contributed by atoms with E-state index in [2.05, 4.69) is 199 Å². The predicted molar refractivity (Wildman–Crippen MR) is 236 cm³/mol. The van der Waals surface area contributed by atoms with E-state index in [-0.39, 0.29) is 0 Å². The first-order valence-corrected chi connectivity index (χ1v) is 19.3. The summed E-state index contributed by atoms with van der Waals surface area (Å²) in [5.74, 6) is 0.676. The first-order chi connectivity index (χ1) is 28.3. The van der Waals surface area contributed by atoms with Crippen LogP contribution in [0.5, 0.6) is 0 Å². The zero-order chi connectivity index (χ0) is 37.7. The Bertz CT molecular complexity index is 3260. The zero-order valence-electron chi connectivity index (χ0n) is 30.9. The molecule has 0 unspecified atom stereocenters. The van der Waals surface area contributed by atoms with Crippen molar-refractivity contribution in [2.45, 2.75) is 0 Å². The Morgan fingerprint density at radius 3 is 1.68 bits per heavy atom. The minimum absolute atomic E-state index is 0.676. The van der Waals surface area contributed by atoms with Crippen molar-refractivity contribution in [3.05, 3.63) is 206 Å². The van der Waals surface area contributed by atoms with Crippen LogP contribution >= 0.6 is 0 Å². The minimum atomic E-state index is 0.676. The van der Waals surface area contributed by atoms with Crippen LogP contribution in [0.15, 0.2) is 206 Å². The first kappa shape index (κ1) is 32.7. The van der Waals surface area contributed by atoms with Gasteiger partial charge >= 0.3 is 0 Å². The van der Waals surface area contributed by atoms with E-state index in [1.165, 1.54) is 32.8 Å². The highest BCUT2D eigenvalue weighted by Crippen LogP contribution is 2.42. The summed E-state index contributed by atoms with van der Waals surface area (Å²) >= 11 is 0. The number of pyridine rings is 1. The maximum Gasteiger partial charge on any atom is 0.160 e. The van der Waals surface area contributed by atoms with Gasteiger partial charge in [0.1, 0.15) is 0 Å². The van der Waals surface area contributed by atoms with Gasteiger partial charge in [0.15, 0.2) is 5.82 Å². The summed E-state index contributed by atoms with van der Waals surface area (Å²) in [6.45, 7) is 0. The number of hydrogen-bond donors (Lipinski definition) is 0. The number of aromatic nitrogens is 4. The van der Waals surface area contributed by atoms with Crippen LogP contribution in [0.2, 0.25) is 0 Å². The number of benzene rings is 8. The van der Waals surface area contributed by atoms with Crippen molar-refractivity contribution in [1.82, 2.24) is 19.5 Å². The summed E-state index contributed by atoms with van der Waals surface area (Å²) < 4.78 is 2.38. The number of rotatable bonds is 6.